The Balaban J connectivity index is 3.13. The molecule has 0 aliphatic heterocycles. The van der Waals surface area contributed by atoms with Crippen LogP contribution >= 0.6 is 15.9 Å². The first-order chi connectivity index (χ1) is 8.80. The topological polar surface area (TPSA) is 40.6 Å². The summed E-state index contributed by atoms with van der Waals surface area (Å²) in [6, 6.07) is 6.85. The summed E-state index contributed by atoms with van der Waals surface area (Å²) in [7, 11) is 0.413. The number of hydrogen-bond acceptors (Lipinski definition) is 3. The van der Waals surface area contributed by atoms with E-state index in [1.165, 1.54) is 4.31 Å². The number of rotatable bonds is 6. The maximum atomic E-state index is 12.7. The molecule has 0 fully saturated rings. The molecule has 0 saturated carbocycles. The van der Waals surface area contributed by atoms with E-state index in [1.807, 2.05) is 38.9 Å². The van der Waals surface area contributed by atoms with Crippen molar-refractivity contribution in [1.82, 2.24) is 9.21 Å². The van der Waals surface area contributed by atoms with Crippen molar-refractivity contribution in [2.75, 3.05) is 27.2 Å². The SMILES string of the molecule is CCN(C(C)CN(C)C)S(=O)(=O)c1ccccc1Br. The Bertz CT molecular complexity index is 517. The molecule has 0 aromatic heterocycles. The molecule has 1 aromatic rings. The van der Waals surface area contributed by atoms with Crippen LogP contribution in [-0.4, -0.2) is 50.8 Å². The van der Waals surface area contributed by atoms with Gasteiger partial charge < -0.3 is 4.90 Å². The van der Waals surface area contributed by atoms with Crippen molar-refractivity contribution in [3.8, 4) is 0 Å². The first-order valence-corrected chi connectivity index (χ1v) is 8.45. The predicted octanol–water partition coefficient (Wildman–Crippen LogP) is 2.41. The van der Waals surface area contributed by atoms with Crippen molar-refractivity contribution >= 4 is 26.0 Å². The molecule has 0 radical (unpaired) electrons. The highest BCUT2D eigenvalue weighted by Gasteiger charge is 2.29. The van der Waals surface area contributed by atoms with Gasteiger partial charge >= 0.3 is 0 Å². The number of benzene rings is 1. The van der Waals surface area contributed by atoms with Crippen molar-refractivity contribution < 1.29 is 8.42 Å². The molecule has 1 rings (SSSR count). The fraction of sp³-hybridized carbons (Fsp3) is 0.538. The van der Waals surface area contributed by atoms with E-state index in [0.29, 0.717) is 22.5 Å². The first-order valence-electron chi connectivity index (χ1n) is 6.21. The van der Waals surface area contributed by atoms with E-state index in [1.54, 1.807) is 18.2 Å². The summed E-state index contributed by atoms with van der Waals surface area (Å²) in [6.45, 7) is 4.94. The normalized spacial score (nSPS) is 14.1. The molecule has 0 aliphatic carbocycles. The molecular weight excluding hydrogens is 328 g/mol. The van der Waals surface area contributed by atoms with Crippen molar-refractivity contribution in [3.05, 3.63) is 28.7 Å². The van der Waals surface area contributed by atoms with Crippen molar-refractivity contribution in [2.45, 2.75) is 24.8 Å². The lowest BCUT2D eigenvalue weighted by atomic mass is 10.3. The Labute approximate surface area is 124 Å². The van der Waals surface area contributed by atoms with E-state index < -0.39 is 10.0 Å². The van der Waals surface area contributed by atoms with Crippen LogP contribution in [0.5, 0.6) is 0 Å². The molecule has 4 nitrogen and oxygen atoms in total. The monoisotopic (exact) mass is 348 g/mol. The summed E-state index contributed by atoms with van der Waals surface area (Å²) >= 11 is 3.31. The van der Waals surface area contributed by atoms with Crippen LogP contribution in [0.1, 0.15) is 13.8 Å². The molecule has 0 heterocycles. The Kier molecular flexibility index (Phi) is 5.98. The fourth-order valence-electron chi connectivity index (χ4n) is 2.12. The average Bonchev–Trinajstić information content (AvgIpc) is 2.28. The maximum absolute atomic E-state index is 12.7. The molecule has 0 bridgehead atoms. The van der Waals surface area contributed by atoms with Gasteiger partial charge in [0.2, 0.25) is 10.0 Å². The van der Waals surface area contributed by atoms with Gasteiger partial charge in [-0.25, -0.2) is 8.42 Å². The summed E-state index contributed by atoms with van der Waals surface area (Å²) < 4.78 is 27.5. The number of halogens is 1. The van der Waals surface area contributed by atoms with Gasteiger partial charge in [-0.3, -0.25) is 0 Å². The van der Waals surface area contributed by atoms with Crippen LogP contribution in [0.25, 0.3) is 0 Å². The summed E-state index contributed by atoms with van der Waals surface area (Å²) in [4.78, 5) is 2.31. The van der Waals surface area contributed by atoms with Crippen LogP contribution < -0.4 is 0 Å². The third-order valence-electron chi connectivity index (χ3n) is 2.86. The van der Waals surface area contributed by atoms with Gasteiger partial charge in [0.25, 0.3) is 0 Å². The number of likely N-dealkylation sites (N-methyl/N-ethyl adjacent to an activating group) is 2. The zero-order valence-corrected chi connectivity index (χ0v) is 14.2. The Hall–Kier alpha value is -0.430. The highest BCUT2D eigenvalue weighted by molar-refractivity contribution is 9.10. The smallest absolute Gasteiger partial charge is 0.244 e. The largest absolute Gasteiger partial charge is 0.308 e. The number of hydrogen-bond donors (Lipinski definition) is 0. The third-order valence-corrected chi connectivity index (χ3v) is 5.96. The van der Waals surface area contributed by atoms with Crippen LogP contribution in [0.2, 0.25) is 0 Å². The molecule has 1 atom stereocenters. The van der Waals surface area contributed by atoms with Crippen LogP contribution in [0.4, 0.5) is 0 Å². The Morgan fingerprint density at radius 1 is 1.26 bits per heavy atom. The minimum absolute atomic E-state index is 0.0721. The molecular formula is C13H21BrN2O2S. The van der Waals surface area contributed by atoms with E-state index in [9.17, 15) is 8.42 Å². The first kappa shape index (κ1) is 16.6. The molecule has 19 heavy (non-hydrogen) atoms. The van der Waals surface area contributed by atoms with Gasteiger partial charge in [0, 0.05) is 23.6 Å². The fourth-order valence-corrected chi connectivity index (χ4v) is 4.71. The molecule has 1 aromatic carbocycles. The van der Waals surface area contributed by atoms with Gasteiger partial charge in [-0.05, 0) is 49.1 Å². The van der Waals surface area contributed by atoms with E-state index in [4.69, 9.17) is 0 Å². The van der Waals surface area contributed by atoms with Gasteiger partial charge in [0.15, 0.2) is 0 Å². The summed E-state index contributed by atoms with van der Waals surface area (Å²) in [5.74, 6) is 0. The van der Waals surface area contributed by atoms with Crippen molar-refractivity contribution in [1.29, 1.82) is 0 Å². The second kappa shape index (κ2) is 6.83. The van der Waals surface area contributed by atoms with Gasteiger partial charge in [0.1, 0.15) is 0 Å². The zero-order valence-electron chi connectivity index (χ0n) is 11.8. The van der Waals surface area contributed by atoms with Crippen LogP contribution in [0.15, 0.2) is 33.6 Å². The quantitative estimate of drug-likeness (QED) is 0.792. The molecule has 0 N–H and O–H groups in total. The van der Waals surface area contributed by atoms with Gasteiger partial charge in [-0.1, -0.05) is 19.1 Å². The van der Waals surface area contributed by atoms with Crippen LogP contribution in [0.3, 0.4) is 0 Å². The summed E-state index contributed by atoms with van der Waals surface area (Å²) in [5.41, 5.74) is 0. The second-order valence-electron chi connectivity index (χ2n) is 4.75. The van der Waals surface area contributed by atoms with Gasteiger partial charge in [-0.15, -0.1) is 0 Å². The summed E-state index contributed by atoms with van der Waals surface area (Å²) in [5, 5.41) is 0. The Morgan fingerprint density at radius 3 is 2.32 bits per heavy atom. The third kappa shape index (κ3) is 4.02. The van der Waals surface area contributed by atoms with Crippen molar-refractivity contribution in [3.63, 3.8) is 0 Å². The second-order valence-corrected chi connectivity index (χ2v) is 7.46. The zero-order chi connectivity index (χ0) is 14.6. The van der Waals surface area contributed by atoms with Crippen LogP contribution in [0, 0.1) is 0 Å². The molecule has 1 unspecified atom stereocenters. The van der Waals surface area contributed by atoms with Gasteiger partial charge in [0.05, 0.1) is 4.90 Å². The summed E-state index contributed by atoms with van der Waals surface area (Å²) in [6.07, 6.45) is 0. The molecule has 0 amide bonds. The minimum atomic E-state index is -3.47. The number of nitrogens with zero attached hydrogens (tertiary/aromatic N) is 2. The van der Waals surface area contributed by atoms with E-state index in [0.717, 1.165) is 0 Å². The maximum Gasteiger partial charge on any atom is 0.244 e. The molecule has 6 heteroatoms. The lowest BCUT2D eigenvalue weighted by Gasteiger charge is -2.29. The van der Waals surface area contributed by atoms with E-state index in [-0.39, 0.29) is 6.04 Å². The van der Waals surface area contributed by atoms with Crippen LogP contribution in [-0.2, 0) is 10.0 Å². The lowest BCUT2D eigenvalue weighted by Crippen LogP contribution is -2.43. The van der Waals surface area contributed by atoms with Crippen molar-refractivity contribution in [2.24, 2.45) is 0 Å². The Morgan fingerprint density at radius 2 is 1.84 bits per heavy atom. The minimum Gasteiger partial charge on any atom is -0.308 e. The highest BCUT2D eigenvalue weighted by atomic mass is 79.9. The van der Waals surface area contributed by atoms with Gasteiger partial charge in [-0.2, -0.15) is 4.31 Å². The van der Waals surface area contributed by atoms with E-state index in [2.05, 4.69) is 15.9 Å². The molecule has 0 saturated heterocycles. The lowest BCUT2D eigenvalue weighted by molar-refractivity contribution is 0.271. The molecule has 0 spiro atoms. The number of sulfonamides is 1. The molecule has 0 aliphatic rings. The predicted molar refractivity (Wildman–Crippen MR) is 81.7 cm³/mol. The average molecular weight is 349 g/mol. The molecule has 108 valence electrons. The highest BCUT2D eigenvalue weighted by Crippen LogP contribution is 2.25. The standard InChI is InChI=1S/C13H21BrN2O2S/c1-5-16(11(2)10-15(3)4)19(17,18)13-9-7-6-8-12(13)14/h6-9,11H,5,10H2,1-4H3. The van der Waals surface area contributed by atoms with E-state index >= 15 is 0 Å².